The Kier molecular flexibility index (Phi) is 5.71. The molecule has 0 fully saturated rings. The highest BCUT2D eigenvalue weighted by atomic mass is 35.5. The molecule has 8 nitrogen and oxygen atoms in total. The third kappa shape index (κ3) is 4.07. The maximum absolute atomic E-state index is 13.5. The molecule has 11 heteroatoms. The molecule has 5 aromatic rings. The van der Waals surface area contributed by atoms with E-state index in [1.807, 2.05) is 78.3 Å². The van der Waals surface area contributed by atoms with Crippen molar-refractivity contribution in [3.05, 3.63) is 77.6 Å². The van der Waals surface area contributed by atoms with Gasteiger partial charge in [0.2, 0.25) is 5.91 Å². The molecule has 0 N–H and O–H groups in total. The lowest BCUT2D eigenvalue weighted by molar-refractivity contribution is -0.115. The summed E-state index contributed by atoms with van der Waals surface area (Å²) in [4.78, 5) is 17.3. The van der Waals surface area contributed by atoms with Gasteiger partial charge in [-0.3, -0.25) is 9.69 Å². The second-order valence-electron chi connectivity index (χ2n) is 7.89. The van der Waals surface area contributed by atoms with Crippen LogP contribution in [0.5, 0.6) is 0 Å². The van der Waals surface area contributed by atoms with E-state index in [0.29, 0.717) is 16.7 Å². The van der Waals surface area contributed by atoms with Gasteiger partial charge in [-0.25, -0.2) is 4.68 Å². The van der Waals surface area contributed by atoms with Crippen molar-refractivity contribution in [2.45, 2.75) is 21.5 Å². The molecule has 0 radical (unpaired) electrons. The number of para-hydroxylation sites is 2. The molecule has 3 aromatic carbocycles. The minimum Gasteiger partial charge on any atom is -0.308 e. The van der Waals surface area contributed by atoms with Gasteiger partial charge in [0.15, 0.2) is 11.0 Å². The van der Waals surface area contributed by atoms with Crippen molar-refractivity contribution in [1.82, 2.24) is 29.8 Å². The molecule has 1 amide bonds. The molecule has 0 bridgehead atoms. The van der Waals surface area contributed by atoms with Crippen molar-refractivity contribution < 1.29 is 4.79 Å². The van der Waals surface area contributed by atoms with Gasteiger partial charge in [-0.2, -0.15) is 0 Å². The quantitative estimate of drug-likeness (QED) is 0.296. The first-order chi connectivity index (χ1) is 17.1. The highest BCUT2D eigenvalue weighted by molar-refractivity contribution is 8.00. The first-order valence-corrected chi connectivity index (χ1v) is 12.9. The highest BCUT2D eigenvalue weighted by Crippen LogP contribution is 2.49. The average molecular weight is 520 g/mol. The Balaban J connectivity index is 1.23. The van der Waals surface area contributed by atoms with E-state index in [9.17, 15) is 4.79 Å². The van der Waals surface area contributed by atoms with Crippen molar-refractivity contribution in [3.63, 3.8) is 0 Å². The number of carbonyl (C=O) groups excluding carboxylic acids is 1. The SMILES string of the molecule is Cn1c(Cn2nnc3ccccc32)nnc1SCC(=O)N1c2ccccc2Sc2ccc(Cl)cc21. The molecule has 0 saturated heterocycles. The van der Waals surface area contributed by atoms with Crippen LogP contribution in [0.3, 0.4) is 0 Å². The molecule has 0 spiro atoms. The van der Waals surface area contributed by atoms with Gasteiger partial charge >= 0.3 is 0 Å². The second kappa shape index (κ2) is 9.03. The van der Waals surface area contributed by atoms with Crippen molar-refractivity contribution in [2.75, 3.05) is 10.7 Å². The normalized spacial score (nSPS) is 12.6. The van der Waals surface area contributed by atoms with Crippen LogP contribution in [0.15, 0.2) is 81.7 Å². The lowest BCUT2D eigenvalue weighted by Gasteiger charge is -2.31. The summed E-state index contributed by atoms with van der Waals surface area (Å²) in [7, 11) is 1.89. The van der Waals surface area contributed by atoms with Crippen LogP contribution in [0.25, 0.3) is 11.0 Å². The molecule has 0 unspecified atom stereocenters. The van der Waals surface area contributed by atoms with Crippen molar-refractivity contribution >= 4 is 63.4 Å². The molecule has 2 aromatic heterocycles. The fourth-order valence-corrected chi connectivity index (χ4v) is 5.95. The number of rotatable bonds is 5. The maximum atomic E-state index is 13.5. The first kappa shape index (κ1) is 22.1. The number of fused-ring (bicyclic) bond motifs is 3. The summed E-state index contributed by atoms with van der Waals surface area (Å²) in [6.45, 7) is 0.432. The van der Waals surface area contributed by atoms with E-state index in [-0.39, 0.29) is 11.7 Å². The number of amides is 1. The van der Waals surface area contributed by atoms with E-state index in [4.69, 9.17) is 11.6 Å². The lowest BCUT2D eigenvalue weighted by atomic mass is 10.2. The number of nitrogens with zero attached hydrogens (tertiary/aromatic N) is 7. The van der Waals surface area contributed by atoms with Crippen molar-refractivity contribution in [2.24, 2.45) is 7.05 Å². The van der Waals surface area contributed by atoms with Gasteiger partial charge in [-0.15, -0.1) is 15.3 Å². The molecular weight excluding hydrogens is 502 g/mol. The molecule has 1 aliphatic heterocycles. The number of thioether (sulfide) groups is 1. The number of aromatic nitrogens is 6. The predicted molar refractivity (Wildman–Crippen MR) is 138 cm³/mol. The number of benzene rings is 3. The van der Waals surface area contributed by atoms with E-state index in [0.717, 1.165) is 38.0 Å². The van der Waals surface area contributed by atoms with Crippen LogP contribution in [-0.4, -0.2) is 41.4 Å². The highest BCUT2D eigenvalue weighted by Gasteiger charge is 2.28. The number of carbonyl (C=O) groups is 1. The van der Waals surface area contributed by atoms with Crippen LogP contribution in [0.4, 0.5) is 11.4 Å². The molecule has 1 aliphatic rings. The molecule has 174 valence electrons. The summed E-state index contributed by atoms with van der Waals surface area (Å²) in [6, 6.07) is 21.3. The topological polar surface area (TPSA) is 81.7 Å². The van der Waals surface area contributed by atoms with Crippen molar-refractivity contribution in [1.29, 1.82) is 0 Å². The molecule has 0 atom stereocenters. The Bertz CT molecular complexity index is 1580. The van der Waals surface area contributed by atoms with Crippen LogP contribution in [0.2, 0.25) is 5.02 Å². The van der Waals surface area contributed by atoms with E-state index in [2.05, 4.69) is 20.5 Å². The molecular formula is C24H18ClN7OS2. The summed E-state index contributed by atoms with van der Waals surface area (Å²) in [5, 5.41) is 18.3. The average Bonchev–Trinajstić information content (AvgIpc) is 3.44. The standard InChI is InChI=1S/C24H18ClN7OS2/c1-30-22(13-31-17-7-3-2-6-16(17)26-29-31)27-28-24(30)34-14-23(33)32-18-8-4-5-9-20(18)35-21-11-10-15(25)12-19(21)32/h2-12H,13-14H2,1H3. The Morgan fingerprint density at radius 3 is 2.69 bits per heavy atom. The van der Waals surface area contributed by atoms with Gasteiger partial charge in [0, 0.05) is 21.9 Å². The van der Waals surface area contributed by atoms with Crippen LogP contribution < -0.4 is 4.90 Å². The third-order valence-electron chi connectivity index (χ3n) is 5.70. The van der Waals surface area contributed by atoms with E-state index >= 15 is 0 Å². The van der Waals surface area contributed by atoms with Crippen LogP contribution in [0, 0.1) is 0 Å². The van der Waals surface area contributed by atoms with E-state index < -0.39 is 0 Å². The minimum absolute atomic E-state index is 0.0573. The Morgan fingerprint density at radius 1 is 0.971 bits per heavy atom. The molecule has 35 heavy (non-hydrogen) atoms. The Hall–Kier alpha value is -3.34. The summed E-state index contributed by atoms with van der Waals surface area (Å²) >= 11 is 9.27. The molecule has 0 saturated carbocycles. The van der Waals surface area contributed by atoms with Crippen LogP contribution in [-0.2, 0) is 18.4 Å². The van der Waals surface area contributed by atoms with Gasteiger partial charge in [-0.1, -0.05) is 64.6 Å². The minimum atomic E-state index is -0.0573. The Morgan fingerprint density at radius 2 is 1.77 bits per heavy atom. The molecule has 6 rings (SSSR count). The van der Waals surface area contributed by atoms with Gasteiger partial charge in [0.25, 0.3) is 0 Å². The fourth-order valence-electron chi connectivity index (χ4n) is 3.96. The first-order valence-electron chi connectivity index (χ1n) is 10.8. The summed E-state index contributed by atoms with van der Waals surface area (Å²) in [6.07, 6.45) is 0. The second-order valence-corrected chi connectivity index (χ2v) is 10.4. The summed E-state index contributed by atoms with van der Waals surface area (Å²) in [5.74, 6) is 0.869. The van der Waals surface area contributed by atoms with E-state index in [1.165, 1.54) is 11.8 Å². The smallest absolute Gasteiger partial charge is 0.242 e. The third-order valence-corrected chi connectivity index (χ3v) is 8.07. The van der Waals surface area contributed by atoms with Gasteiger partial charge in [-0.05, 0) is 42.5 Å². The molecule has 0 aliphatic carbocycles. The Labute approximate surface area is 214 Å². The van der Waals surface area contributed by atoms with Gasteiger partial charge in [0.05, 0.1) is 22.6 Å². The van der Waals surface area contributed by atoms with Crippen molar-refractivity contribution in [3.8, 4) is 0 Å². The van der Waals surface area contributed by atoms with Crippen LogP contribution >= 0.6 is 35.1 Å². The number of hydrogen-bond acceptors (Lipinski definition) is 7. The zero-order chi connectivity index (χ0) is 23.9. The molecule has 3 heterocycles. The van der Waals surface area contributed by atoms with E-state index in [1.54, 1.807) is 21.3 Å². The van der Waals surface area contributed by atoms with Crippen LogP contribution in [0.1, 0.15) is 5.82 Å². The predicted octanol–water partition coefficient (Wildman–Crippen LogP) is 5.18. The number of hydrogen-bond donors (Lipinski definition) is 0. The van der Waals surface area contributed by atoms with Gasteiger partial charge in [0.1, 0.15) is 12.1 Å². The zero-order valence-corrected chi connectivity index (χ0v) is 20.9. The van der Waals surface area contributed by atoms with Gasteiger partial charge < -0.3 is 4.57 Å². The largest absolute Gasteiger partial charge is 0.308 e. The monoisotopic (exact) mass is 519 g/mol. The number of halogens is 1. The fraction of sp³-hybridized carbons (Fsp3) is 0.125. The zero-order valence-electron chi connectivity index (χ0n) is 18.5. The number of anilines is 2. The summed E-state index contributed by atoms with van der Waals surface area (Å²) in [5.41, 5.74) is 3.41. The maximum Gasteiger partial charge on any atom is 0.242 e. The lowest BCUT2D eigenvalue weighted by Crippen LogP contribution is -2.30. The summed E-state index contributed by atoms with van der Waals surface area (Å²) < 4.78 is 3.68.